The van der Waals surface area contributed by atoms with E-state index in [2.05, 4.69) is 32.6 Å². The molecule has 2 N–H and O–H groups in total. The molecule has 0 saturated carbocycles. The van der Waals surface area contributed by atoms with E-state index in [0.717, 1.165) is 22.4 Å². The number of rotatable bonds is 3. The van der Waals surface area contributed by atoms with Gasteiger partial charge in [-0.3, -0.25) is 4.79 Å². The van der Waals surface area contributed by atoms with Crippen LogP contribution >= 0.6 is 34.3 Å². The monoisotopic (exact) mass is 413 g/mol. The molecule has 2 aromatic heterocycles. The Morgan fingerprint density at radius 1 is 1.15 bits per heavy atom. The lowest BCUT2D eigenvalue weighted by Crippen LogP contribution is -2.14. The van der Waals surface area contributed by atoms with Gasteiger partial charge in [0.05, 0.1) is 15.4 Å². The molecule has 3 aromatic rings. The van der Waals surface area contributed by atoms with Crippen molar-refractivity contribution in [2.75, 3.05) is 5.73 Å². The molecule has 2 nitrogen and oxygen atoms in total. The molecule has 1 aromatic carbocycles. The molecule has 0 amide bonds. The number of carbonyl (C=O) groups is 1. The van der Waals surface area contributed by atoms with Gasteiger partial charge >= 0.3 is 0 Å². The highest BCUT2D eigenvalue weighted by molar-refractivity contribution is 7.17. The van der Waals surface area contributed by atoms with Crippen LogP contribution in [-0.4, -0.2) is 5.78 Å². The van der Waals surface area contributed by atoms with Gasteiger partial charge in [-0.25, -0.2) is 0 Å². The van der Waals surface area contributed by atoms with Crippen LogP contribution < -0.4 is 5.73 Å². The predicted molar refractivity (Wildman–Crippen MR) is 117 cm³/mol. The number of nitrogens with two attached hydrogens (primary N) is 1. The van der Waals surface area contributed by atoms with Crippen molar-refractivity contribution >= 4 is 45.1 Å². The highest BCUT2D eigenvalue weighted by atomic mass is 35.5. The Balaban J connectivity index is 2.09. The fourth-order valence-corrected chi connectivity index (χ4v) is 4.40. The van der Waals surface area contributed by atoms with E-state index in [9.17, 15) is 4.79 Å². The molecular formula is C22H20ClNOS2. The van der Waals surface area contributed by atoms with Crippen molar-refractivity contribution in [3.05, 3.63) is 73.2 Å². The average molecular weight is 414 g/mol. The standard InChI is InChI=1S/C22H20ClNOS2/c1-22(2,3)12-17-18(9-4-14-10-11-26-13-14)27-21(24)19(17)20(25)15-5-7-16(23)8-6-15/h5-8,10-11,13H,12,24H2,1-3H3. The predicted octanol–water partition coefficient (Wildman–Crippen LogP) is 6.26. The maximum Gasteiger partial charge on any atom is 0.196 e. The van der Waals surface area contributed by atoms with E-state index >= 15 is 0 Å². The Morgan fingerprint density at radius 2 is 1.85 bits per heavy atom. The second-order valence-corrected chi connectivity index (χ2v) is 9.75. The number of carbonyl (C=O) groups excluding carboxylic acids is 1. The van der Waals surface area contributed by atoms with E-state index in [0.29, 0.717) is 21.2 Å². The van der Waals surface area contributed by atoms with Crippen molar-refractivity contribution in [2.24, 2.45) is 5.41 Å². The first-order valence-electron chi connectivity index (χ1n) is 8.50. The van der Waals surface area contributed by atoms with Crippen LogP contribution in [0.1, 0.15) is 52.7 Å². The van der Waals surface area contributed by atoms with Gasteiger partial charge in [-0.2, -0.15) is 11.3 Å². The number of ketones is 1. The first-order chi connectivity index (χ1) is 12.7. The maximum atomic E-state index is 13.2. The summed E-state index contributed by atoms with van der Waals surface area (Å²) in [6.07, 6.45) is 0.725. The number of halogens is 1. The van der Waals surface area contributed by atoms with E-state index in [1.54, 1.807) is 35.6 Å². The molecule has 27 heavy (non-hydrogen) atoms. The molecule has 0 aliphatic rings. The third kappa shape index (κ3) is 4.81. The zero-order valence-electron chi connectivity index (χ0n) is 15.4. The Morgan fingerprint density at radius 3 is 2.44 bits per heavy atom. The molecule has 3 rings (SSSR count). The van der Waals surface area contributed by atoms with Gasteiger partial charge in [0.25, 0.3) is 0 Å². The Labute approximate surface area is 173 Å². The number of benzene rings is 1. The molecule has 0 radical (unpaired) electrons. The van der Waals surface area contributed by atoms with Gasteiger partial charge in [-0.1, -0.05) is 44.2 Å². The van der Waals surface area contributed by atoms with Gasteiger partial charge in [0.1, 0.15) is 0 Å². The van der Waals surface area contributed by atoms with Crippen LogP contribution in [0.5, 0.6) is 0 Å². The molecule has 5 heteroatoms. The van der Waals surface area contributed by atoms with Crippen molar-refractivity contribution in [1.29, 1.82) is 0 Å². The Kier molecular flexibility index (Phi) is 5.76. The van der Waals surface area contributed by atoms with Crippen molar-refractivity contribution in [2.45, 2.75) is 27.2 Å². The average Bonchev–Trinajstić information content (AvgIpc) is 3.20. The topological polar surface area (TPSA) is 43.1 Å². The van der Waals surface area contributed by atoms with Crippen LogP contribution in [-0.2, 0) is 6.42 Å². The summed E-state index contributed by atoms with van der Waals surface area (Å²) in [4.78, 5) is 14.0. The number of nitrogen functional groups attached to an aromatic ring is 1. The van der Waals surface area contributed by atoms with Crippen LogP contribution in [0.2, 0.25) is 5.02 Å². The highest BCUT2D eigenvalue weighted by Crippen LogP contribution is 2.36. The summed E-state index contributed by atoms with van der Waals surface area (Å²) in [5.41, 5.74) is 9.35. The summed E-state index contributed by atoms with van der Waals surface area (Å²) in [5.74, 6) is 6.34. The fraction of sp³-hybridized carbons (Fsp3) is 0.227. The first kappa shape index (κ1) is 19.7. The summed E-state index contributed by atoms with van der Waals surface area (Å²) in [5, 5.41) is 5.12. The lowest BCUT2D eigenvalue weighted by molar-refractivity contribution is 0.103. The number of hydrogen-bond donors (Lipinski definition) is 1. The molecule has 0 atom stereocenters. The Hall–Kier alpha value is -2.06. The first-order valence-corrected chi connectivity index (χ1v) is 10.6. The van der Waals surface area contributed by atoms with Gasteiger partial charge in [-0.15, -0.1) is 11.3 Å². The molecule has 0 fully saturated rings. The van der Waals surface area contributed by atoms with Gasteiger partial charge in [0.2, 0.25) is 0 Å². The SMILES string of the molecule is CC(C)(C)Cc1c(C#Cc2ccsc2)sc(N)c1C(=O)c1ccc(Cl)cc1. The molecule has 0 saturated heterocycles. The minimum Gasteiger partial charge on any atom is -0.390 e. The van der Waals surface area contributed by atoms with E-state index < -0.39 is 0 Å². The van der Waals surface area contributed by atoms with Gasteiger partial charge < -0.3 is 5.73 Å². The second-order valence-electron chi connectivity index (χ2n) is 7.48. The minimum absolute atomic E-state index is 0.00134. The van der Waals surface area contributed by atoms with Crippen LogP contribution in [0.15, 0.2) is 41.1 Å². The minimum atomic E-state index is -0.0803. The lowest BCUT2D eigenvalue weighted by atomic mass is 9.85. The van der Waals surface area contributed by atoms with Crippen LogP contribution in [0.25, 0.3) is 0 Å². The summed E-state index contributed by atoms with van der Waals surface area (Å²) < 4.78 is 0. The normalized spacial score (nSPS) is 11.1. The number of anilines is 1. The number of thiophene rings is 2. The summed E-state index contributed by atoms with van der Waals surface area (Å²) >= 11 is 8.96. The van der Waals surface area contributed by atoms with E-state index in [1.165, 1.54) is 11.3 Å². The van der Waals surface area contributed by atoms with Gasteiger partial charge in [0, 0.05) is 21.5 Å². The van der Waals surface area contributed by atoms with Crippen LogP contribution in [0.4, 0.5) is 5.00 Å². The Bertz CT molecular complexity index is 1010. The molecule has 0 aliphatic heterocycles. The van der Waals surface area contributed by atoms with Gasteiger partial charge in [0.15, 0.2) is 5.78 Å². The molecule has 0 spiro atoms. The van der Waals surface area contributed by atoms with Gasteiger partial charge in [-0.05, 0) is 53.1 Å². The summed E-state index contributed by atoms with van der Waals surface area (Å²) in [6.45, 7) is 6.44. The van der Waals surface area contributed by atoms with Crippen molar-refractivity contribution in [3.8, 4) is 11.8 Å². The van der Waals surface area contributed by atoms with E-state index in [4.69, 9.17) is 17.3 Å². The zero-order chi connectivity index (χ0) is 19.6. The summed E-state index contributed by atoms with van der Waals surface area (Å²) in [6, 6.07) is 8.90. The molecule has 0 aliphatic carbocycles. The van der Waals surface area contributed by atoms with Crippen LogP contribution in [0.3, 0.4) is 0 Å². The van der Waals surface area contributed by atoms with Crippen LogP contribution in [0, 0.1) is 17.3 Å². The van der Waals surface area contributed by atoms with E-state index in [-0.39, 0.29) is 11.2 Å². The lowest BCUT2D eigenvalue weighted by Gasteiger charge is -2.19. The summed E-state index contributed by atoms with van der Waals surface area (Å²) in [7, 11) is 0. The quantitative estimate of drug-likeness (QED) is 0.406. The third-order valence-electron chi connectivity index (χ3n) is 3.92. The number of hydrogen-bond acceptors (Lipinski definition) is 4. The van der Waals surface area contributed by atoms with Crippen molar-refractivity contribution < 1.29 is 4.79 Å². The molecular weight excluding hydrogens is 394 g/mol. The molecule has 138 valence electrons. The third-order valence-corrected chi connectivity index (χ3v) is 5.83. The zero-order valence-corrected chi connectivity index (χ0v) is 17.8. The van der Waals surface area contributed by atoms with E-state index in [1.807, 2.05) is 16.8 Å². The fourth-order valence-electron chi connectivity index (χ4n) is 2.74. The highest BCUT2D eigenvalue weighted by Gasteiger charge is 2.26. The molecule has 0 unspecified atom stereocenters. The second kappa shape index (κ2) is 7.90. The van der Waals surface area contributed by atoms with Crippen molar-refractivity contribution in [1.82, 2.24) is 0 Å². The molecule has 0 bridgehead atoms. The largest absolute Gasteiger partial charge is 0.390 e. The smallest absolute Gasteiger partial charge is 0.196 e. The maximum absolute atomic E-state index is 13.2. The van der Waals surface area contributed by atoms with Crippen molar-refractivity contribution in [3.63, 3.8) is 0 Å². The molecule has 2 heterocycles.